The number of benzene rings is 1. The van der Waals surface area contributed by atoms with Gasteiger partial charge in [0.1, 0.15) is 0 Å². The van der Waals surface area contributed by atoms with E-state index < -0.39 is 0 Å². The molecule has 1 aliphatic heterocycles. The molecule has 3 atom stereocenters. The van der Waals surface area contributed by atoms with Gasteiger partial charge < -0.3 is 10.6 Å². The first-order chi connectivity index (χ1) is 10.4. The number of rotatable bonds is 5. The van der Waals surface area contributed by atoms with Crippen molar-refractivity contribution in [2.24, 2.45) is 10.9 Å². The molecule has 0 spiro atoms. The summed E-state index contributed by atoms with van der Waals surface area (Å²) in [6.45, 7) is 2.06. The predicted molar refractivity (Wildman–Crippen MR) is 108 cm³/mol. The third-order valence-electron chi connectivity index (χ3n) is 4.43. The quantitative estimate of drug-likeness (QED) is 0.426. The standard InChI is InChI=1S/C17H25N3S.HI/c1-18-17(20-12-15-8-5-9-21-15)19-11-14-10-16(14)13-6-3-2-4-7-13;/h2-4,6-7,14-16H,5,8-12H2,1H3,(H2,18,19,20);1H. The third-order valence-corrected chi connectivity index (χ3v) is 5.82. The van der Waals surface area contributed by atoms with E-state index in [4.69, 9.17) is 0 Å². The Balaban J connectivity index is 0.00000176. The summed E-state index contributed by atoms with van der Waals surface area (Å²) < 4.78 is 0. The Bertz CT molecular complexity index is 474. The van der Waals surface area contributed by atoms with Gasteiger partial charge >= 0.3 is 0 Å². The zero-order valence-corrected chi connectivity index (χ0v) is 16.3. The monoisotopic (exact) mass is 431 g/mol. The lowest BCUT2D eigenvalue weighted by molar-refractivity contribution is 0.698. The maximum Gasteiger partial charge on any atom is 0.191 e. The smallest absolute Gasteiger partial charge is 0.191 e. The summed E-state index contributed by atoms with van der Waals surface area (Å²) in [5.74, 6) is 3.77. The van der Waals surface area contributed by atoms with Crippen LogP contribution in [-0.4, -0.2) is 37.1 Å². The minimum absolute atomic E-state index is 0. The molecule has 1 heterocycles. The first kappa shape index (κ1) is 17.9. The van der Waals surface area contributed by atoms with Crippen molar-refractivity contribution in [1.82, 2.24) is 10.6 Å². The lowest BCUT2D eigenvalue weighted by Gasteiger charge is -2.14. The maximum absolute atomic E-state index is 4.33. The summed E-state index contributed by atoms with van der Waals surface area (Å²) in [4.78, 5) is 4.33. The molecular formula is C17H26IN3S. The largest absolute Gasteiger partial charge is 0.356 e. The number of nitrogens with one attached hydrogen (secondary N) is 2. The van der Waals surface area contributed by atoms with Crippen LogP contribution in [0.25, 0.3) is 0 Å². The van der Waals surface area contributed by atoms with E-state index in [0.717, 1.165) is 36.1 Å². The molecule has 3 unspecified atom stereocenters. The van der Waals surface area contributed by atoms with Crippen LogP contribution in [-0.2, 0) is 0 Å². The molecule has 1 aromatic carbocycles. The molecule has 0 aromatic heterocycles. The molecule has 2 aliphatic rings. The van der Waals surface area contributed by atoms with Gasteiger partial charge in [-0.05, 0) is 42.4 Å². The van der Waals surface area contributed by atoms with Gasteiger partial charge in [0.25, 0.3) is 0 Å². The van der Waals surface area contributed by atoms with Crippen LogP contribution in [0, 0.1) is 5.92 Å². The summed E-state index contributed by atoms with van der Waals surface area (Å²) in [5, 5.41) is 7.72. The molecule has 122 valence electrons. The summed E-state index contributed by atoms with van der Waals surface area (Å²) in [5.41, 5.74) is 1.48. The SMILES string of the molecule is CN=C(NCC1CCCS1)NCC1CC1c1ccccc1.I. The number of nitrogens with zero attached hydrogens (tertiary/aromatic N) is 1. The molecule has 5 heteroatoms. The zero-order chi connectivity index (χ0) is 14.5. The lowest BCUT2D eigenvalue weighted by atomic mass is 10.1. The second-order valence-electron chi connectivity index (χ2n) is 5.98. The van der Waals surface area contributed by atoms with Crippen molar-refractivity contribution in [3.63, 3.8) is 0 Å². The van der Waals surface area contributed by atoms with Gasteiger partial charge in [-0.15, -0.1) is 24.0 Å². The van der Waals surface area contributed by atoms with E-state index in [9.17, 15) is 0 Å². The molecule has 2 fully saturated rings. The molecule has 0 amide bonds. The molecule has 1 aromatic rings. The zero-order valence-electron chi connectivity index (χ0n) is 13.1. The topological polar surface area (TPSA) is 36.4 Å². The van der Waals surface area contributed by atoms with Crippen LogP contribution in [0.1, 0.15) is 30.7 Å². The molecule has 1 aliphatic carbocycles. The van der Waals surface area contributed by atoms with Crippen molar-refractivity contribution in [3.05, 3.63) is 35.9 Å². The van der Waals surface area contributed by atoms with Crippen molar-refractivity contribution in [1.29, 1.82) is 0 Å². The normalized spacial score (nSPS) is 27.1. The average molecular weight is 431 g/mol. The molecule has 2 N–H and O–H groups in total. The van der Waals surface area contributed by atoms with Gasteiger partial charge in [0.05, 0.1) is 0 Å². The lowest BCUT2D eigenvalue weighted by Crippen LogP contribution is -2.41. The van der Waals surface area contributed by atoms with Gasteiger partial charge in [0.15, 0.2) is 5.96 Å². The molecule has 22 heavy (non-hydrogen) atoms. The van der Waals surface area contributed by atoms with Crippen LogP contribution >= 0.6 is 35.7 Å². The number of aliphatic imine (C=N–C) groups is 1. The summed E-state index contributed by atoms with van der Waals surface area (Å²) in [6.07, 6.45) is 4.00. The van der Waals surface area contributed by atoms with E-state index in [1.165, 1.54) is 30.6 Å². The average Bonchev–Trinajstić information content (AvgIpc) is 3.12. The molecule has 3 rings (SSSR count). The molecule has 0 bridgehead atoms. The number of halogens is 1. The Kier molecular flexibility index (Phi) is 7.34. The van der Waals surface area contributed by atoms with Gasteiger partial charge in [-0.2, -0.15) is 11.8 Å². The van der Waals surface area contributed by atoms with E-state index in [1.807, 2.05) is 7.05 Å². The first-order valence-electron chi connectivity index (χ1n) is 7.98. The van der Waals surface area contributed by atoms with Gasteiger partial charge in [0, 0.05) is 25.4 Å². The Morgan fingerprint density at radius 3 is 2.68 bits per heavy atom. The fourth-order valence-electron chi connectivity index (χ4n) is 3.05. The van der Waals surface area contributed by atoms with Crippen molar-refractivity contribution in [2.45, 2.75) is 30.4 Å². The van der Waals surface area contributed by atoms with Crippen LogP contribution in [0.3, 0.4) is 0 Å². The summed E-state index contributed by atoms with van der Waals surface area (Å²) >= 11 is 2.08. The van der Waals surface area contributed by atoms with E-state index in [-0.39, 0.29) is 24.0 Å². The number of guanidine groups is 1. The number of thioether (sulfide) groups is 1. The van der Waals surface area contributed by atoms with Crippen molar-refractivity contribution < 1.29 is 0 Å². The van der Waals surface area contributed by atoms with Crippen molar-refractivity contribution >= 4 is 41.7 Å². The van der Waals surface area contributed by atoms with E-state index in [0.29, 0.717) is 0 Å². The summed E-state index contributed by atoms with van der Waals surface area (Å²) in [7, 11) is 1.86. The molecule has 0 radical (unpaired) electrons. The fraction of sp³-hybridized carbons (Fsp3) is 0.588. The Morgan fingerprint density at radius 1 is 1.23 bits per heavy atom. The third kappa shape index (κ3) is 5.05. The molecular weight excluding hydrogens is 405 g/mol. The van der Waals surface area contributed by atoms with Crippen LogP contribution in [0.5, 0.6) is 0 Å². The predicted octanol–water partition coefficient (Wildman–Crippen LogP) is 3.47. The van der Waals surface area contributed by atoms with Crippen LogP contribution in [0.15, 0.2) is 35.3 Å². The fourth-order valence-corrected chi connectivity index (χ4v) is 4.25. The Hall–Kier alpha value is -0.430. The van der Waals surface area contributed by atoms with Crippen molar-refractivity contribution in [3.8, 4) is 0 Å². The minimum atomic E-state index is 0. The highest BCUT2D eigenvalue weighted by Crippen LogP contribution is 2.46. The van der Waals surface area contributed by atoms with Crippen LogP contribution in [0.4, 0.5) is 0 Å². The van der Waals surface area contributed by atoms with Crippen LogP contribution in [0.2, 0.25) is 0 Å². The van der Waals surface area contributed by atoms with E-state index in [1.54, 1.807) is 0 Å². The minimum Gasteiger partial charge on any atom is -0.356 e. The Morgan fingerprint density at radius 2 is 2.00 bits per heavy atom. The second-order valence-corrected chi connectivity index (χ2v) is 7.39. The van der Waals surface area contributed by atoms with E-state index >= 15 is 0 Å². The highest BCUT2D eigenvalue weighted by atomic mass is 127. The molecule has 3 nitrogen and oxygen atoms in total. The first-order valence-corrected chi connectivity index (χ1v) is 9.02. The Labute approximate surface area is 155 Å². The van der Waals surface area contributed by atoms with E-state index in [2.05, 4.69) is 57.7 Å². The van der Waals surface area contributed by atoms with Gasteiger partial charge in [-0.25, -0.2) is 0 Å². The van der Waals surface area contributed by atoms with Gasteiger partial charge in [-0.3, -0.25) is 4.99 Å². The highest BCUT2D eigenvalue weighted by Gasteiger charge is 2.37. The number of hydrogen-bond donors (Lipinski definition) is 2. The maximum atomic E-state index is 4.33. The van der Waals surface area contributed by atoms with Gasteiger partial charge in [-0.1, -0.05) is 30.3 Å². The summed E-state index contributed by atoms with van der Waals surface area (Å²) in [6, 6.07) is 10.9. The molecule has 1 saturated heterocycles. The van der Waals surface area contributed by atoms with Gasteiger partial charge in [0.2, 0.25) is 0 Å². The highest BCUT2D eigenvalue weighted by molar-refractivity contribution is 14.0. The molecule has 1 saturated carbocycles. The second kappa shape index (κ2) is 9.01. The van der Waals surface area contributed by atoms with Crippen LogP contribution < -0.4 is 10.6 Å². The number of hydrogen-bond acceptors (Lipinski definition) is 2. The van der Waals surface area contributed by atoms with Crippen molar-refractivity contribution in [2.75, 3.05) is 25.9 Å².